The predicted molar refractivity (Wildman–Crippen MR) is 115 cm³/mol. The van der Waals surface area contributed by atoms with E-state index in [9.17, 15) is 13.2 Å². The summed E-state index contributed by atoms with van der Waals surface area (Å²) in [5.74, 6) is 0.157. The summed E-state index contributed by atoms with van der Waals surface area (Å²) >= 11 is 5.87. The van der Waals surface area contributed by atoms with Gasteiger partial charge in [0.15, 0.2) is 0 Å². The highest BCUT2D eigenvalue weighted by Gasteiger charge is 2.32. The number of carbonyl (C=O) groups is 1. The first kappa shape index (κ1) is 21.8. The van der Waals surface area contributed by atoms with Crippen LogP contribution in [-0.4, -0.2) is 31.7 Å². The van der Waals surface area contributed by atoms with Crippen molar-refractivity contribution in [2.75, 3.05) is 13.1 Å². The van der Waals surface area contributed by atoms with Gasteiger partial charge in [-0.15, -0.1) is 0 Å². The molecule has 1 N–H and O–H groups in total. The third-order valence-electron chi connectivity index (χ3n) is 5.39. The molecule has 1 fully saturated rings. The normalized spacial score (nSPS) is 16.1. The Kier molecular flexibility index (Phi) is 6.98. The fourth-order valence-electron chi connectivity index (χ4n) is 3.47. The molecule has 2 aromatic rings. The van der Waals surface area contributed by atoms with Crippen LogP contribution in [0, 0.1) is 5.92 Å². The van der Waals surface area contributed by atoms with Gasteiger partial charge in [-0.2, -0.15) is 4.31 Å². The van der Waals surface area contributed by atoms with Gasteiger partial charge in [0.05, 0.1) is 4.90 Å². The second kappa shape index (κ2) is 9.28. The number of piperidine rings is 1. The fourth-order valence-corrected chi connectivity index (χ4v) is 5.06. The van der Waals surface area contributed by atoms with Crippen LogP contribution in [0.4, 0.5) is 0 Å². The second-order valence-corrected chi connectivity index (χ2v) is 10.1. The number of sulfonamides is 1. The molecule has 2 aromatic carbocycles. The average Bonchev–Trinajstić information content (AvgIpc) is 2.73. The second-order valence-electron chi connectivity index (χ2n) is 7.75. The minimum atomic E-state index is -3.52. The molecule has 3 rings (SSSR count). The van der Waals surface area contributed by atoms with Crippen molar-refractivity contribution in [2.45, 2.75) is 44.0 Å². The molecule has 156 valence electrons. The molecule has 0 aromatic heterocycles. The van der Waals surface area contributed by atoms with E-state index in [1.54, 1.807) is 24.3 Å². The molecule has 0 bridgehead atoms. The third-order valence-corrected chi connectivity index (χ3v) is 7.55. The SMILES string of the molecule is CC(C)c1ccc(S(=O)(=O)N2CCC(C(=O)NCc3ccc(Cl)cc3)CC2)cc1. The van der Waals surface area contributed by atoms with Gasteiger partial charge in [0.2, 0.25) is 15.9 Å². The van der Waals surface area contributed by atoms with E-state index in [0.29, 0.717) is 48.3 Å². The largest absolute Gasteiger partial charge is 0.352 e. The zero-order valence-corrected chi connectivity index (χ0v) is 18.3. The Hall–Kier alpha value is -1.89. The number of hydrogen-bond donors (Lipinski definition) is 1. The zero-order chi connectivity index (χ0) is 21.0. The maximum atomic E-state index is 12.9. The molecule has 29 heavy (non-hydrogen) atoms. The highest BCUT2D eigenvalue weighted by molar-refractivity contribution is 7.89. The minimum absolute atomic E-state index is 0.0294. The first-order chi connectivity index (χ1) is 13.8. The molecule has 1 aliphatic rings. The summed E-state index contributed by atoms with van der Waals surface area (Å²) in [6.45, 7) is 5.30. The van der Waals surface area contributed by atoms with E-state index >= 15 is 0 Å². The van der Waals surface area contributed by atoms with Gasteiger partial charge in [0.25, 0.3) is 0 Å². The lowest BCUT2D eigenvalue weighted by Crippen LogP contribution is -2.42. The number of amides is 1. The molecule has 0 saturated carbocycles. The molecule has 1 aliphatic heterocycles. The molecule has 0 atom stereocenters. The maximum absolute atomic E-state index is 12.9. The first-order valence-corrected chi connectivity index (χ1v) is 11.7. The van der Waals surface area contributed by atoms with Crippen molar-refractivity contribution in [2.24, 2.45) is 5.92 Å². The summed E-state index contributed by atoms with van der Waals surface area (Å²) in [5.41, 5.74) is 2.09. The number of nitrogens with one attached hydrogen (secondary N) is 1. The Balaban J connectivity index is 1.54. The van der Waals surface area contributed by atoms with Crippen LogP contribution in [0.25, 0.3) is 0 Å². The molecule has 1 amide bonds. The smallest absolute Gasteiger partial charge is 0.243 e. The molecule has 0 aliphatic carbocycles. The Morgan fingerprint density at radius 1 is 1.07 bits per heavy atom. The van der Waals surface area contributed by atoms with Gasteiger partial charge >= 0.3 is 0 Å². The van der Waals surface area contributed by atoms with Crippen LogP contribution in [-0.2, 0) is 21.4 Å². The van der Waals surface area contributed by atoms with E-state index in [2.05, 4.69) is 19.2 Å². The number of halogens is 1. The first-order valence-electron chi connectivity index (χ1n) is 9.89. The summed E-state index contributed by atoms with van der Waals surface area (Å²) < 4.78 is 27.3. The third kappa shape index (κ3) is 5.38. The highest BCUT2D eigenvalue weighted by Crippen LogP contribution is 2.25. The lowest BCUT2D eigenvalue weighted by atomic mass is 9.97. The molecule has 1 heterocycles. The summed E-state index contributed by atoms with van der Waals surface area (Å²) in [4.78, 5) is 12.8. The molecular weight excluding hydrogens is 408 g/mol. The number of benzene rings is 2. The van der Waals surface area contributed by atoms with Gasteiger partial charge < -0.3 is 5.32 Å². The molecule has 7 heteroatoms. The molecule has 1 saturated heterocycles. The highest BCUT2D eigenvalue weighted by atomic mass is 35.5. The van der Waals surface area contributed by atoms with Crippen LogP contribution in [0.15, 0.2) is 53.4 Å². The van der Waals surface area contributed by atoms with Gasteiger partial charge in [-0.25, -0.2) is 8.42 Å². The van der Waals surface area contributed by atoms with E-state index in [1.165, 1.54) is 4.31 Å². The topological polar surface area (TPSA) is 66.5 Å². The van der Waals surface area contributed by atoms with Gasteiger partial charge in [-0.3, -0.25) is 4.79 Å². The van der Waals surface area contributed by atoms with Crippen molar-refractivity contribution in [3.8, 4) is 0 Å². The average molecular weight is 435 g/mol. The van der Waals surface area contributed by atoms with Gasteiger partial charge in [0, 0.05) is 30.6 Å². The van der Waals surface area contributed by atoms with E-state index in [-0.39, 0.29) is 11.8 Å². The Labute approximate surface area is 178 Å². The maximum Gasteiger partial charge on any atom is 0.243 e. The quantitative estimate of drug-likeness (QED) is 0.741. The summed E-state index contributed by atoms with van der Waals surface area (Å²) in [6.07, 6.45) is 1.05. The van der Waals surface area contributed by atoms with Crippen molar-refractivity contribution in [1.29, 1.82) is 0 Å². The monoisotopic (exact) mass is 434 g/mol. The van der Waals surface area contributed by atoms with Crippen LogP contribution in [0.2, 0.25) is 5.02 Å². The lowest BCUT2D eigenvalue weighted by Gasteiger charge is -2.30. The number of carbonyl (C=O) groups excluding carboxylic acids is 1. The van der Waals surface area contributed by atoms with E-state index < -0.39 is 10.0 Å². The standard InChI is InChI=1S/C22H27ClN2O3S/c1-16(2)18-5-9-21(10-6-18)29(27,28)25-13-11-19(12-14-25)22(26)24-15-17-3-7-20(23)8-4-17/h3-10,16,19H,11-15H2,1-2H3,(H,24,26). The number of hydrogen-bond acceptors (Lipinski definition) is 3. The number of nitrogens with zero attached hydrogens (tertiary/aromatic N) is 1. The number of rotatable bonds is 6. The molecular formula is C22H27ClN2O3S. The van der Waals surface area contributed by atoms with Crippen molar-refractivity contribution in [1.82, 2.24) is 9.62 Å². The van der Waals surface area contributed by atoms with Crippen LogP contribution in [0.1, 0.15) is 43.7 Å². The van der Waals surface area contributed by atoms with Crippen LogP contribution in [0.3, 0.4) is 0 Å². The van der Waals surface area contributed by atoms with E-state index in [4.69, 9.17) is 11.6 Å². The summed E-state index contributed by atoms with van der Waals surface area (Å²) in [6, 6.07) is 14.4. The van der Waals surface area contributed by atoms with E-state index in [0.717, 1.165) is 11.1 Å². The van der Waals surface area contributed by atoms with Crippen molar-refractivity contribution in [3.05, 3.63) is 64.7 Å². The lowest BCUT2D eigenvalue weighted by molar-refractivity contribution is -0.126. The van der Waals surface area contributed by atoms with Gasteiger partial charge in [-0.05, 0) is 54.2 Å². The van der Waals surface area contributed by atoms with Crippen LogP contribution < -0.4 is 5.32 Å². The summed E-state index contributed by atoms with van der Waals surface area (Å²) in [7, 11) is -3.52. The van der Waals surface area contributed by atoms with Crippen LogP contribution in [0.5, 0.6) is 0 Å². The van der Waals surface area contributed by atoms with Crippen molar-refractivity contribution < 1.29 is 13.2 Å². The van der Waals surface area contributed by atoms with Gasteiger partial charge in [-0.1, -0.05) is 49.7 Å². The summed E-state index contributed by atoms with van der Waals surface area (Å²) in [5, 5.41) is 3.60. The zero-order valence-electron chi connectivity index (χ0n) is 16.8. The van der Waals surface area contributed by atoms with E-state index in [1.807, 2.05) is 24.3 Å². The minimum Gasteiger partial charge on any atom is -0.352 e. The van der Waals surface area contributed by atoms with Crippen molar-refractivity contribution >= 4 is 27.5 Å². The molecule has 0 radical (unpaired) electrons. The Morgan fingerprint density at radius 2 is 1.66 bits per heavy atom. The Bertz CT molecular complexity index is 933. The fraction of sp³-hybridized carbons (Fsp3) is 0.409. The predicted octanol–water partition coefficient (Wildman–Crippen LogP) is 4.18. The van der Waals surface area contributed by atoms with Crippen molar-refractivity contribution in [3.63, 3.8) is 0 Å². The Morgan fingerprint density at radius 3 is 2.21 bits per heavy atom. The molecule has 0 spiro atoms. The van der Waals surface area contributed by atoms with Gasteiger partial charge in [0.1, 0.15) is 0 Å². The molecule has 0 unspecified atom stereocenters. The van der Waals surface area contributed by atoms with Crippen LogP contribution >= 0.6 is 11.6 Å². The molecule has 5 nitrogen and oxygen atoms in total.